The number of carbonyl (C=O) groups is 2. The second kappa shape index (κ2) is 13.5. The summed E-state index contributed by atoms with van der Waals surface area (Å²) in [6, 6.07) is 12.1. The van der Waals surface area contributed by atoms with Crippen molar-refractivity contribution >= 4 is 39.7 Å². The number of ether oxygens (including phenoxy) is 1. The number of carboxylic acid groups (broad SMARTS) is 1. The summed E-state index contributed by atoms with van der Waals surface area (Å²) in [5.41, 5.74) is 5.54. The highest BCUT2D eigenvalue weighted by Gasteiger charge is 2.25. The molecule has 0 radical (unpaired) electrons. The van der Waals surface area contributed by atoms with Crippen molar-refractivity contribution in [3.63, 3.8) is 0 Å². The molecular weight excluding hydrogens is 526 g/mol. The van der Waals surface area contributed by atoms with E-state index in [2.05, 4.69) is 15.2 Å². The van der Waals surface area contributed by atoms with Crippen LogP contribution in [0.15, 0.2) is 42.5 Å². The Morgan fingerprint density at radius 1 is 1.18 bits per heavy atom. The van der Waals surface area contributed by atoms with Crippen LogP contribution < -0.4 is 15.8 Å². The number of benzene rings is 2. The number of nitrogens with two attached hydrogens (primary N) is 1. The Hall–Kier alpha value is -3.57. The number of carbonyl (C=O) groups excluding carboxylic acids is 1. The van der Waals surface area contributed by atoms with Crippen LogP contribution in [0.5, 0.6) is 5.75 Å². The van der Waals surface area contributed by atoms with Gasteiger partial charge in [-0.05, 0) is 82.1 Å². The van der Waals surface area contributed by atoms with Gasteiger partial charge in [-0.2, -0.15) is 0 Å². The molecule has 0 aliphatic carbocycles. The van der Waals surface area contributed by atoms with E-state index in [1.807, 2.05) is 31.2 Å². The Kier molecular flexibility index (Phi) is 10.4. The van der Waals surface area contributed by atoms with Crippen LogP contribution in [0.25, 0.3) is 0 Å². The van der Waals surface area contributed by atoms with Gasteiger partial charge in [-0.15, -0.1) is 0 Å². The fraction of sp³-hybridized carbons (Fsp3) is 0.393. The van der Waals surface area contributed by atoms with E-state index in [0.717, 1.165) is 56.3 Å². The number of nitrogens with zero attached hydrogens (tertiary/aromatic N) is 2. The van der Waals surface area contributed by atoms with Crippen molar-refractivity contribution in [2.75, 3.05) is 37.3 Å². The highest BCUT2D eigenvalue weighted by Crippen LogP contribution is 2.30. The lowest BCUT2D eigenvalue weighted by Gasteiger charge is -2.15. The standard InChI is InChI=1S/C24H27FN4O2S.C4H7FO2/c1-2-16-5-6-17(15-20(16)25)21(30)22-23(26)28-24(32-22)27-18-7-9-19(10-8-18)31-14-13-29-11-3-4-12-29;1-4(2,5)3(6)7/h5-10,15H,2-4,11-14,26H2,1H3,(H,27,28);1-2H3,(H,6,7). The highest BCUT2D eigenvalue weighted by atomic mass is 32.1. The number of halogens is 2. The maximum Gasteiger partial charge on any atom is 0.340 e. The van der Waals surface area contributed by atoms with Crippen LogP contribution in [-0.2, 0) is 11.2 Å². The van der Waals surface area contributed by atoms with Crippen molar-refractivity contribution in [1.82, 2.24) is 9.88 Å². The molecule has 11 heteroatoms. The summed E-state index contributed by atoms with van der Waals surface area (Å²) >= 11 is 1.15. The summed E-state index contributed by atoms with van der Waals surface area (Å²) in [5.74, 6) is -1.21. The van der Waals surface area contributed by atoms with E-state index in [-0.39, 0.29) is 27.9 Å². The normalized spacial score (nSPS) is 13.5. The van der Waals surface area contributed by atoms with E-state index < -0.39 is 11.6 Å². The lowest BCUT2D eigenvalue weighted by atomic mass is 10.1. The molecule has 210 valence electrons. The number of nitrogen functional groups attached to an aromatic ring is 1. The number of nitrogens with one attached hydrogen (secondary N) is 1. The molecule has 1 aromatic heterocycles. The molecule has 2 heterocycles. The first-order valence-corrected chi connectivity index (χ1v) is 13.5. The molecule has 2 aromatic carbocycles. The maximum atomic E-state index is 14.1. The number of rotatable bonds is 10. The molecule has 0 saturated carbocycles. The summed E-state index contributed by atoms with van der Waals surface area (Å²) < 4.78 is 31.8. The van der Waals surface area contributed by atoms with Crippen molar-refractivity contribution in [3.8, 4) is 5.75 Å². The zero-order valence-corrected chi connectivity index (χ0v) is 23.1. The van der Waals surface area contributed by atoms with Crippen LogP contribution in [0.1, 0.15) is 54.4 Å². The van der Waals surface area contributed by atoms with Gasteiger partial charge in [0, 0.05) is 17.8 Å². The van der Waals surface area contributed by atoms with Crippen LogP contribution in [0.4, 0.5) is 25.4 Å². The van der Waals surface area contributed by atoms with Gasteiger partial charge in [0.2, 0.25) is 11.5 Å². The van der Waals surface area contributed by atoms with Crippen LogP contribution in [0.3, 0.4) is 0 Å². The Morgan fingerprint density at radius 3 is 2.38 bits per heavy atom. The number of carboxylic acids is 1. The predicted octanol–water partition coefficient (Wildman–Crippen LogP) is 5.70. The molecule has 3 aromatic rings. The SMILES string of the molecule is CC(C)(F)C(=O)O.CCc1ccc(C(=O)c2sc(Nc3ccc(OCCN4CCCC4)cc3)nc2N)cc1F. The largest absolute Gasteiger partial charge is 0.492 e. The third kappa shape index (κ3) is 8.72. The van der Waals surface area contributed by atoms with Crippen LogP contribution >= 0.6 is 11.3 Å². The quantitative estimate of drug-likeness (QED) is 0.271. The van der Waals surface area contributed by atoms with Gasteiger partial charge in [0.15, 0.2) is 5.13 Å². The Morgan fingerprint density at radius 2 is 1.82 bits per heavy atom. The van der Waals surface area contributed by atoms with Crippen LogP contribution in [0, 0.1) is 5.82 Å². The maximum absolute atomic E-state index is 14.1. The number of thiazole rings is 1. The lowest BCUT2D eigenvalue weighted by Crippen LogP contribution is -2.25. The van der Waals surface area contributed by atoms with E-state index in [4.69, 9.17) is 15.6 Å². The van der Waals surface area contributed by atoms with Gasteiger partial charge in [-0.1, -0.05) is 30.4 Å². The molecule has 4 rings (SSSR count). The number of likely N-dealkylation sites (tertiary alicyclic amines) is 1. The van der Waals surface area contributed by atoms with Gasteiger partial charge in [0.05, 0.1) is 0 Å². The van der Waals surface area contributed by atoms with Crippen molar-refractivity contribution in [3.05, 3.63) is 64.3 Å². The molecule has 0 spiro atoms. The molecule has 0 atom stereocenters. The third-order valence-electron chi connectivity index (χ3n) is 6.04. The third-order valence-corrected chi connectivity index (χ3v) is 7.03. The first-order valence-electron chi connectivity index (χ1n) is 12.7. The Labute approximate surface area is 230 Å². The minimum Gasteiger partial charge on any atom is -0.492 e. The highest BCUT2D eigenvalue weighted by molar-refractivity contribution is 7.18. The second-order valence-electron chi connectivity index (χ2n) is 9.55. The number of hydrogen-bond donors (Lipinski definition) is 3. The van der Waals surface area contributed by atoms with Crippen molar-refractivity contribution < 1.29 is 28.2 Å². The van der Waals surface area contributed by atoms with Gasteiger partial charge in [-0.25, -0.2) is 18.6 Å². The number of ketones is 1. The Bertz CT molecular complexity index is 1270. The molecule has 1 aliphatic rings. The molecule has 0 amide bonds. The summed E-state index contributed by atoms with van der Waals surface area (Å²) in [4.78, 5) is 29.4. The molecule has 8 nitrogen and oxygen atoms in total. The number of aromatic nitrogens is 1. The van der Waals surface area contributed by atoms with E-state index >= 15 is 0 Å². The van der Waals surface area contributed by atoms with Gasteiger partial charge >= 0.3 is 5.97 Å². The fourth-order valence-corrected chi connectivity index (χ4v) is 4.58. The second-order valence-corrected chi connectivity index (χ2v) is 10.5. The number of aliphatic carboxylic acids is 1. The predicted molar refractivity (Wildman–Crippen MR) is 149 cm³/mol. The molecule has 39 heavy (non-hydrogen) atoms. The fourth-order valence-electron chi connectivity index (χ4n) is 3.71. The van der Waals surface area contributed by atoms with E-state index in [1.54, 1.807) is 12.1 Å². The van der Waals surface area contributed by atoms with Crippen LogP contribution in [-0.4, -0.2) is 58.7 Å². The van der Waals surface area contributed by atoms with E-state index in [0.29, 0.717) is 23.7 Å². The molecule has 0 unspecified atom stereocenters. The average Bonchev–Trinajstić information content (AvgIpc) is 3.54. The number of anilines is 3. The van der Waals surface area contributed by atoms with E-state index in [1.165, 1.54) is 18.9 Å². The monoisotopic (exact) mass is 560 g/mol. The van der Waals surface area contributed by atoms with Crippen molar-refractivity contribution in [2.24, 2.45) is 0 Å². The molecular formula is C28H34F2N4O4S. The smallest absolute Gasteiger partial charge is 0.340 e. The van der Waals surface area contributed by atoms with Gasteiger partial charge in [-0.3, -0.25) is 9.69 Å². The van der Waals surface area contributed by atoms with E-state index in [9.17, 15) is 18.4 Å². The minimum absolute atomic E-state index is 0.129. The molecule has 1 aliphatic heterocycles. The summed E-state index contributed by atoms with van der Waals surface area (Å²) in [5, 5.41) is 11.5. The van der Waals surface area contributed by atoms with Gasteiger partial charge in [0.25, 0.3) is 0 Å². The summed E-state index contributed by atoms with van der Waals surface area (Å²) in [7, 11) is 0. The number of aryl methyl sites for hydroxylation is 1. The first kappa shape index (κ1) is 30.0. The topological polar surface area (TPSA) is 118 Å². The number of hydrogen-bond acceptors (Lipinski definition) is 8. The van der Waals surface area contributed by atoms with Crippen molar-refractivity contribution in [2.45, 2.75) is 45.7 Å². The lowest BCUT2D eigenvalue weighted by molar-refractivity contribution is -0.148. The summed E-state index contributed by atoms with van der Waals surface area (Å²) in [6.07, 6.45) is 3.12. The number of alkyl halides is 1. The summed E-state index contributed by atoms with van der Waals surface area (Å²) in [6.45, 7) is 7.79. The minimum atomic E-state index is -2.08. The first-order chi connectivity index (χ1) is 18.5. The average molecular weight is 561 g/mol. The van der Waals surface area contributed by atoms with Gasteiger partial charge < -0.3 is 20.9 Å². The zero-order valence-electron chi connectivity index (χ0n) is 22.3. The molecule has 4 N–H and O–H groups in total. The molecule has 0 bridgehead atoms. The zero-order chi connectivity index (χ0) is 28.6. The molecule has 1 fully saturated rings. The molecule has 1 saturated heterocycles. The van der Waals surface area contributed by atoms with Crippen molar-refractivity contribution in [1.29, 1.82) is 0 Å². The van der Waals surface area contributed by atoms with Crippen LogP contribution in [0.2, 0.25) is 0 Å². The van der Waals surface area contributed by atoms with Gasteiger partial charge in [0.1, 0.15) is 28.9 Å². The Balaban J connectivity index is 0.000000532.